The van der Waals surface area contributed by atoms with Gasteiger partial charge in [0.2, 0.25) is 0 Å². The smallest absolute Gasteiger partial charge is 0.262 e. The van der Waals surface area contributed by atoms with E-state index in [1.54, 1.807) is 30.3 Å². The van der Waals surface area contributed by atoms with E-state index in [9.17, 15) is 9.59 Å². The summed E-state index contributed by atoms with van der Waals surface area (Å²) in [6.45, 7) is 2.40. The largest absolute Gasteiger partial charge is 0.483 e. The van der Waals surface area contributed by atoms with Crippen LogP contribution in [0.2, 0.25) is 0 Å². The van der Waals surface area contributed by atoms with Gasteiger partial charge in [-0.15, -0.1) is 0 Å². The summed E-state index contributed by atoms with van der Waals surface area (Å²) >= 11 is 6.74. The third-order valence-electron chi connectivity index (χ3n) is 3.23. The summed E-state index contributed by atoms with van der Waals surface area (Å²) in [7, 11) is 0. The van der Waals surface area contributed by atoms with Crippen molar-refractivity contribution in [1.29, 1.82) is 0 Å². The number of hydrogen-bond acceptors (Lipinski definition) is 3. The van der Waals surface area contributed by atoms with Gasteiger partial charge in [0.15, 0.2) is 6.61 Å². The van der Waals surface area contributed by atoms with Crippen LogP contribution >= 0.6 is 31.9 Å². The van der Waals surface area contributed by atoms with Crippen molar-refractivity contribution in [1.82, 2.24) is 5.32 Å². The number of para-hydroxylation sites is 1. The van der Waals surface area contributed by atoms with E-state index in [2.05, 4.69) is 42.5 Å². The van der Waals surface area contributed by atoms with Gasteiger partial charge in [-0.3, -0.25) is 9.59 Å². The van der Waals surface area contributed by atoms with Gasteiger partial charge in [0.05, 0.1) is 15.7 Å². The lowest BCUT2D eigenvalue weighted by molar-refractivity contribution is -0.118. The first-order valence-electron chi connectivity index (χ1n) is 7.76. The molecular weight excluding hydrogens is 452 g/mol. The maximum Gasteiger partial charge on any atom is 0.262 e. The first-order valence-corrected chi connectivity index (χ1v) is 9.34. The van der Waals surface area contributed by atoms with Crippen LogP contribution in [0.15, 0.2) is 51.4 Å². The second-order valence-electron chi connectivity index (χ2n) is 5.21. The number of hydrogen-bond donors (Lipinski definition) is 2. The maximum absolute atomic E-state index is 12.2. The van der Waals surface area contributed by atoms with Crippen LogP contribution in [0, 0.1) is 0 Å². The Morgan fingerprint density at radius 1 is 1.12 bits per heavy atom. The summed E-state index contributed by atoms with van der Waals surface area (Å²) < 4.78 is 7.16. The first kappa shape index (κ1) is 19.5. The molecule has 0 spiro atoms. The van der Waals surface area contributed by atoms with E-state index < -0.39 is 0 Å². The van der Waals surface area contributed by atoms with Gasteiger partial charge in [0, 0.05) is 11.0 Å². The van der Waals surface area contributed by atoms with Crippen LogP contribution < -0.4 is 15.4 Å². The Balaban J connectivity index is 1.99. The van der Waals surface area contributed by atoms with Crippen LogP contribution in [0.3, 0.4) is 0 Å². The number of carbonyl (C=O) groups is 2. The molecule has 0 heterocycles. The van der Waals surface area contributed by atoms with Crippen LogP contribution in [-0.2, 0) is 4.79 Å². The minimum absolute atomic E-state index is 0.162. The molecule has 2 aromatic rings. The number of ether oxygens (including phenoxy) is 1. The van der Waals surface area contributed by atoms with E-state index in [1.165, 1.54) is 0 Å². The van der Waals surface area contributed by atoms with Crippen molar-refractivity contribution in [3.05, 3.63) is 57.0 Å². The molecule has 0 saturated carbocycles. The molecule has 0 fully saturated rings. The Kier molecular flexibility index (Phi) is 7.46. The fourth-order valence-electron chi connectivity index (χ4n) is 2.05. The van der Waals surface area contributed by atoms with E-state index in [0.717, 1.165) is 15.4 Å². The normalized spacial score (nSPS) is 10.2. The highest BCUT2D eigenvalue weighted by molar-refractivity contribution is 9.11. The summed E-state index contributed by atoms with van der Waals surface area (Å²) in [5.41, 5.74) is 0.883. The van der Waals surface area contributed by atoms with Gasteiger partial charge < -0.3 is 15.4 Å². The average Bonchev–Trinajstić information content (AvgIpc) is 2.59. The van der Waals surface area contributed by atoms with Gasteiger partial charge in [-0.2, -0.15) is 0 Å². The molecule has 2 amide bonds. The van der Waals surface area contributed by atoms with Crippen LogP contribution in [0.25, 0.3) is 0 Å². The molecule has 0 bridgehead atoms. The Labute approximate surface area is 163 Å². The van der Waals surface area contributed by atoms with Crippen LogP contribution in [0.1, 0.15) is 23.7 Å². The minimum Gasteiger partial charge on any atom is -0.483 e. The molecule has 0 radical (unpaired) electrons. The highest BCUT2D eigenvalue weighted by Gasteiger charge is 2.13. The molecule has 2 aromatic carbocycles. The Morgan fingerprint density at radius 2 is 1.88 bits per heavy atom. The summed E-state index contributed by atoms with van der Waals surface area (Å²) in [6, 6.07) is 12.3. The lowest BCUT2D eigenvalue weighted by atomic mass is 10.1. The number of benzene rings is 2. The van der Waals surface area contributed by atoms with Crippen LogP contribution in [-0.4, -0.2) is 25.0 Å². The second-order valence-corrected chi connectivity index (χ2v) is 6.98. The zero-order valence-electron chi connectivity index (χ0n) is 13.6. The molecule has 132 valence electrons. The third kappa shape index (κ3) is 5.86. The zero-order valence-corrected chi connectivity index (χ0v) is 16.8. The third-order valence-corrected chi connectivity index (χ3v) is 4.35. The molecule has 7 heteroatoms. The van der Waals surface area contributed by atoms with Gasteiger partial charge in [-0.05, 0) is 52.7 Å². The van der Waals surface area contributed by atoms with Gasteiger partial charge in [0.1, 0.15) is 5.75 Å². The van der Waals surface area contributed by atoms with E-state index >= 15 is 0 Å². The molecule has 0 aliphatic heterocycles. The summed E-state index contributed by atoms with van der Waals surface area (Å²) in [5.74, 6) is 0.00667. The SMILES string of the molecule is CCCNC(=O)c1ccccc1NC(=O)COc1ccc(Br)cc1Br. The standard InChI is InChI=1S/C18H18Br2N2O3/c1-2-9-21-18(24)13-5-3-4-6-15(13)22-17(23)11-25-16-8-7-12(19)10-14(16)20/h3-8,10H,2,9,11H2,1H3,(H,21,24)(H,22,23). The number of rotatable bonds is 7. The maximum atomic E-state index is 12.2. The fourth-order valence-corrected chi connectivity index (χ4v) is 3.21. The molecule has 0 saturated heterocycles. The highest BCUT2D eigenvalue weighted by atomic mass is 79.9. The molecule has 0 aliphatic carbocycles. The van der Waals surface area contributed by atoms with E-state index in [-0.39, 0.29) is 18.4 Å². The minimum atomic E-state index is -0.342. The van der Waals surface area contributed by atoms with Crippen molar-refractivity contribution < 1.29 is 14.3 Å². The Bertz CT molecular complexity index is 766. The summed E-state index contributed by atoms with van der Waals surface area (Å²) in [4.78, 5) is 24.3. The molecule has 0 atom stereocenters. The molecule has 2 N–H and O–H groups in total. The number of halogens is 2. The summed E-state index contributed by atoms with van der Waals surface area (Å²) in [6.07, 6.45) is 0.843. The van der Waals surface area contributed by atoms with Crippen molar-refractivity contribution in [2.24, 2.45) is 0 Å². The van der Waals surface area contributed by atoms with E-state index in [0.29, 0.717) is 23.5 Å². The molecule has 0 unspecified atom stereocenters. The highest BCUT2D eigenvalue weighted by Crippen LogP contribution is 2.28. The quantitative estimate of drug-likeness (QED) is 0.632. The molecule has 0 aromatic heterocycles. The van der Waals surface area contributed by atoms with Crippen molar-refractivity contribution in [3.63, 3.8) is 0 Å². The van der Waals surface area contributed by atoms with Crippen molar-refractivity contribution in [2.75, 3.05) is 18.5 Å². The number of amides is 2. The monoisotopic (exact) mass is 468 g/mol. The van der Waals surface area contributed by atoms with Crippen LogP contribution in [0.5, 0.6) is 5.75 Å². The second kappa shape index (κ2) is 9.58. The van der Waals surface area contributed by atoms with Crippen LogP contribution in [0.4, 0.5) is 5.69 Å². The number of anilines is 1. The molecular formula is C18H18Br2N2O3. The first-order chi connectivity index (χ1) is 12.0. The average molecular weight is 470 g/mol. The van der Waals surface area contributed by atoms with Gasteiger partial charge in [0.25, 0.3) is 11.8 Å². The van der Waals surface area contributed by atoms with E-state index in [1.807, 2.05) is 19.1 Å². The van der Waals surface area contributed by atoms with Gasteiger partial charge in [-0.25, -0.2) is 0 Å². The van der Waals surface area contributed by atoms with Gasteiger partial charge >= 0.3 is 0 Å². The lowest BCUT2D eigenvalue weighted by Crippen LogP contribution is -2.27. The van der Waals surface area contributed by atoms with Crippen molar-refractivity contribution in [3.8, 4) is 5.75 Å². The lowest BCUT2D eigenvalue weighted by Gasteiger charge is -2.12. The zero-order chi connectivity index (χ0) is 18.2. The molecule has 25 heavy (non-hydrogen) atoms. The number of nitrogens with one attached hydrogen (secondary N) is 2. The molecule has 5 nitrogen and oxygen atoms in total. The predicted molar refractivity (Wildman–Crippen MR) is 105 cm³/mol. The van der Waals surface area contributed by atoms with Crippen molar-refractivity contribution in [2.45, 2.75) is 13.3 Å². The van der Waals surface area contributed by atoms with Crippen molar-refractivity contribution >= 4 is 49.4 Å². The number of carbonyl (C=O) groups excluding carboxylic acids is 2. The fraction of sp³-hybridized carbons (Fsp3) is 0.222. The Hall–Kier alpha value is -1.86. The van der Waals surface area contributed by atoms with E-state index in [4.69, 9.17) is 4.74 Å². The molecule has 2 rings (SSSR count). The predicted octanol–water partition coefficient (Wildman–Crippen LogP) is 4.37. The topological polar surface area (TPSA) is 67.4 Å². The Morgan fingerprint density at radius 3 is 2.60 bits per heavy atom. The molecule has 0 aliphatic rings. The van der Waals surface area contributed by atoms with Gasteiger partial charge in [-0.1, -0.05) is 35.0 Å². The summed E-state index contributed by atoms with van der Waals surface area (Å²) in [5, 5.41) is 5.52.